The zero-order valence-electron chi connectivity index (χ0n) is 12.6. The van der Waals surface area contributed by atoms with Crippen LogP contribution in [-0.2, 0) is 10.2 Å². The van der Waals surface area contributed by atoms with Gasteiger partial charge in [-0.25, -0.2) is 0 Å². The Morgan fingerprint density at radius 1 is 1.32 bits per heavy atom. The Bertz CT molecular complexity index is 338. The molecule has 0 spiro atoms. The molecule has 5 nitrogen and oxygen atoms in total. The van der Waals surface area contributed by atoms with Crippen LogP contribution in [0.25, 0.3) is 0 Å². The van der Waals surface area contributed by atoms with E-state index in [9.17, 15) is 8.42 Å². The molecule has 0 aliphatic carbocycles. The molecule has 1 aliphatic rings. The molecule has 0 aromatic heterocycles. The Labute approximate surface area is 118 Å². The lowest BCUT2D eigenvalue weighted by Crippen LogP contribution is -2.46. The van der Waals surface area contributed by atoms with Gasteiger partial charge in [-0.1, -0.05) is 13.3 Å². The first kappa shape index (κ1) is 16.9. The topological polar surface area (TPSA) is 52.7 Å². The van der Waals surface area contributed by atoms with Crippen molar-refractivity contribution < 1.29 is 8.42 Å². The van der Waals surface area contributed by atoms with Crippen LogP contribution in [0.4, 0.5) is 0 Å². The van der Waals surface area contributed by atoms with E-state index in [0.29, 0.717) is 25.6 Å². The maximum absolute atomic E-state index is 12.4. The summed E-state index contributed by atoms with van der Waals surface area (Å²) >= 11 is 0. The summed E-state index contributed by atoms with van der Waals surface area (Å²) in [7, 11) is 0.426. The molecular formula is C13H29N3O2S. The van der Waals surface area contributed by atoms with Crippen LogP contribution in [0.5, 0.6) is 0 Å². The van der Waals surface area contributed by atoms with Gasteiger partial charge in [0.05, 0.1) is 0 Å². The Morgan fingerprint density at radius 3 is 2.47 bits per heavy atom. The molecule has 0 aromatic carbocycles. The monoisotopic (exact) mass is 291 g/mol. The van der Waals surface area contributed by atoms with Crippen molar-refractivity contribution in [3.05, 3.63) is 0 Å². The highest BCUT2D eigenvalue weighted by Gasteiger charge is 2.30. The number of hydrogen-bond acceptors (Lipinski definition) is 3. The lowest BCUT2D eigenvalue weighted by Gasteiger charge is -2.33. The minimum absolute atomic E-state index is 0.624. The minimum Gasteiger partial charge on any atom is -0.320 e. The molecule has 1 aliphatic heterocycles. The van der Waals surface area contributed by atoms with Gasteiger partial charge >= 0.3 is 0 Å². The van der Waals surface area contributed by atoms with Crippen molar-refractivity contribution in [2.24, 2.45) is 5.92 Å². The van der Waals surface area contributed by atoms with E-state index < -0.39 is 10.2 Å². The second kappa shape index (κ2) is 8.19. The first-order chi connectivity index (χ1) is 9.02. The minimum atomic E-state index is -3.23. The first-order valence-electron chi connectivity index (χ1n) is 7.38. The number of nitrogens with one attached hydrogen (secondary N) is 1. The summed E-state index contributed by atoms with van der Waals surface area (Å²) in [6, 6.07) is 0. The van der Waals surface area contributed by atoms with Gasteiger partial charge < -0.3 is 5.32 Å². The lowest BCUT2D eigenvalue weighted by atomic mass is 9.95. The third kappa shape index (κ3) is 5.02. The van der Waals surface area contributed by atoms with Crippen LogP contribution in [0.3, 0.4) is 0 Å². The molecule has 0 atom stereocenters. The SMILES string of the molecule is CCCCN(C)S(=O)(=O)N1CCC(CCNC)CC1. The van der Waals surface area contributed by atoms with Crippen molar-refractivity contribution in [1.29, 1.82) is 0 Å². The Kier molecular flexibility index (Phi) is 7.28. The molecule has 1 N–H and O–H groups in total. The highest BCUT2D eigenvalue weighted by atomic mass is 32.2. The number of piperidine rings is 1. The van der Waals surface area contributed by atoms with Crippen LogP contribution in [0.2, 0.25) is 0 Å². The van der Waals surface area contributed by atoms with E-state index in [4.69, 9.17) is 0 Å². The second-order valence-electron chi connectivity index (χ2n) is 5.42. The van der Waals surface area contributed by atoms with Crippen molar-refractivity contribution in [3.8, 4) is 0 Å². The second-order valence-corrected chi connectivity index (χ2v) is 7.45. The van der Waals surface area contributed by atoms with Gasteiger partial charge in [0.15, 0.2) is 0 Å². The first-order valence-corrected chi connectivity index (χ1v) is 8.78. The molecule has 114 valence electrons. The molecule has 0 aromatic rings. The number of rotatable bonds is 8. The van der Waals surface area contributed by atoms with E-state index in [1.807, 2.05) is 7.05 Å². The molecule has 1 heterocycles. The fourth-order valence-corrected chi connectivity index (χ4v) is 3.90. The van der Waals surface area contributed by atoms with Crippen LogP contribution >= 0.6 is 0 Å². The van der Waals surface area contributed by atoms with E-state index >= 15 is 0 Å². The molecule has 0 amide bonds. The highest BCUT2D eigenvalue weighted by Crippen LogP contribution is 2.23. The van der Waals surface area contributed by atoms with E-state index in [1.165, 1.54) is 4.31 Å². The van der Waals surface area contributed by atoms with Gasteiger partial charge in [0.25, 0.3) is 10.2 Å². The molecule has 19 heavy (non-hydrogen) atoms. The van der Waals surface area contributed by atoms with E-state index in [2.05, 4.69) is 12.2 Å². The van der Waals surface area contributed by atoms with Crippen molar-refractivity contribution in [2.45, 2.75) is 39.0 Å². The normalized spacial score (nSPS) is 19.2. The molecule has 0 radical (unpaired) electrons. The quantitative estimate of drug-likeness (QED) is 0.733. The smallest absolute Gasteiger partial charge is 0.281 e. The molecule has 0 bridgehead atoms. The van der Waals surface area contributed by atoms with Gasteiger partial charge in [0, 0.05) is 26.7 Å². The number of unbranched alkanes of at least 4 members (excludes halogenated alkanes) is 1. The predicted octanol–water partition coefficient (Wildman–Crippen LogP) is 1.28. The van der Waals surface area contributed by atoms with Crippen molar-refractivity contribution >= 4 is 10.2 Å². The molecule has 0 saturated carbocycles. The average Bonchev–Trinajstić information content (AvgIpc) is 2.42. The summed E-state index contributed by atoms with van der Waals surface area (Å²) in [5, 5.41) is 3.16. The van der Waals surface area contributed by atoms with Crippen LogP contribution in [0.15, 0.2) is 0 Å². The van der Waals surface area contributed by atoms with E-state index in [0.717, 1.165) is 38.6 Å². The molecule has 1 rings (SSSR count). The fraction of sp³-hybridized carbons (Fsp3) is 1.00. The van der Waals surface area contributed by atoms with E-state index in [-0.39, 0.29) is 0 Å². The lowest BCUT2D eigenvalue weighted by molar-refractivity contribution is 0.249. The van der Waals surface area contributed by atoms with Gasteiger partial charge in [0.1, 0.15) is 0 Å². The van der Waals surface area contributed by atoms with Gasteiger partial charge in [-0.2, -0.15) is 17.0 Å². The molecule has 6 heteroatoms. The zero-order chi connectivity index (χ0) is 14.3. The van der Waals surface area contributed by atoms with E-state index in [1.54, 1.807) is 11.4 Å². The molecule has 1 saturated heterocycles. The van der Waals surface area contributed by atoms with Gasteiger partial charge in [-0.15, -0.1) is 0 Å². The average molecular weight is 291 g/mol. The summed E-state index contributed by atoms with van der Waals surface area (Å²) in [6.45, 7) is 5.07. The summed E-state index contributed by atoms with van der Waals surface area (Å²) < 4.78 is 27.9. The molecule has 0 unspecified atom stereocenters. The third-order valence-electron chi connectivity index (χ3n) is 3.92. The van der Waals surface area contributed by atoms with Crippen LogP contribution < -0.4 is 5.32 Å². The highest BCUT2D eigenvalue weighted by molar-refractivity contribution is 7.86. The molecular weight excluding hydrogens is 262 g/mol. The van der Waals surface area contributed by atoms with Crippen molar-refractivity contribution in [2.75, 3.05) is 40.3 Å². The maximum Gasteiger partial charge on any atom is 0.281 e. The van der Waals surface area contributed by atoms with Crippen LogP contribution in [0.1, 0.15) is 39.0 Å². The van der Waals surface area contributed by atoms with Gasteiger partial charge in [-0.3, -0.25) is 0 Å². The predicted molar refractivity (Wildman–Crippen MR) is 79.3 cm³/mol. The summed E-state index contributed by atoms with van der Waals surface area (Å²) in [5.41, 5.74) is 0. The zero-order valence-corrected chi connectivity index (χ0v) is 13.4. The summed E-state index contributed by atoms with van der Waals surface area (Å²) in [5.74, 6) is 0.667. The number of hydrogen-bond donors (Lipinski definition) is 1. The summed E-state index contributed by atoms with van der Waals surface area (Å²) in [6.07, 6.45) is 5.07. The molecule has 1 fully saturated rings. The van der Waals surface area contributed by atoms with Gasteiger partial charge in [0.2, 0.25) is 0 Å². The Morgan fingerprint density at radius 2 is 1.95 bits per heavy atom. The maximum atomic E-state index is 12.4. The largest absolute Gasteiger partial charge is 0.320 e. The third-order valence-corrected chi connectivity index (χ3v) is 5.91. The van der Waals surface area contributed by atoms with Crippen molar-refractivity contribution in [3.63, 3.8) is 0 Å². The number of nitrogens with zero attached hydrogens (tertiary/aromatic N) is 2. The Balaban J connectivity index is 2.44. The Hall–Kier alpha value is -0.170. The van der Waals surface area contributed by atoms with Crippen LogP contribution in [-0.4, -0.2) is 57.3 Å². The fourth-order valence-electron chi connectivity index (χ4n) is 2.47. The van der Waals surface area contributed by atoms with Crippen molar-refractivity contribution in [1.82, 2.24) is 13.9 Å². The standard InChI is InChI=1S/C13H29N3O2S/c1-4-5-10-15(3)19(17,18)16-11-7-13(8-12-16)6-9-14-2/h13-14H,4-12H2,1-3H3. The van der Waals surface area contributed by atoms with Crippen LogP contribution in [0, 0.1) is 5.92 Å². The van der Waals surface area contributed by atoms with Gasteiger partial charge in [-0.05, 0) is 45.2 Å². The summed E-state index contributed by atoms with van der Waals surface area (Å²) in [4.78, 5) is 0.